The van der Waals surface area contributed by atoms with Crippen molar-refractivity contribution in [2.24, 2.45) is 0 Å². The smallest absolute Gasteiger partial charge is 0.319 e. The zero-order valence-electron chi connectivity index (χ0n) is 16.5. The minimum atomic E-state index is -0.322. The zero-order valence-corrected chi connectivity index (χ0v) is 18.2. The fourth-order valence-corrected chi connectivity index (χ4v) is 5.65. The number of fused-ring (bicyclic) bond motifs is 1. The van der Waals surface area contributed by atoms with Gasteiger partial charge in [-0.3, -0.25) is 4.79 Å². The summed E-state index contributed by atoms with van der Waals surface area (Å²) in [7, 11) is 0. The van der Waals surface area contributed by atoms with Crippen molar-refractivity contribution in [3.05, 3.63) is 59.4 Å². The summed E-state index contributed by atoms with van der Waals surface area (Å²) in [4.78, 5) is 27.8. The SMILES string of the molecule is O=C(Nc1ccc(CC(=O)N2CCSCC2)cc1)NC1CCSc2ccc(F)cc21. The second-order valence-electron chi connectivity index (χ2n) is 7.34. The van der Waals surface area contributed by atoms with Crippen LogP contribution in [0.3, 0.4) is 0 Å². The van der Waals surface area contributed by atoms with Gasteiger partial charge in [0.1, 0.15) is 5.82 Å². The molecule has 4 rings (SSSR count). The Labute approximate surface area is 184 Å². The van der Waals surface area contributed by atoms with Gasteiger partial charge in [0.25, 0.3) is 0 Å². The number of urea groups is 1. The second-order valence-corrected chi connectivity index (χ2v) is 9.70. The minimum absolute atomic E-state index is 0.148. The van der Waals surface area contributed by atoms with Crippen molar-refractivity contribution in [1.29, 1.82) is 0 Å². The van der Waals surface area contributed by atoms with Gasteiger partial charge in [-0.1, -0.05) is 12.1 Å². The zero-order chi connectivity index (χ0) is 20.9. The summed E-state index contributed by atoms with van der Waals surface area (Å²) >= 11 is 3.56. The van der Waals surface area contributed by atoms with Gasteiger partial charge < -0.3 is 15.5 Å². The number of benzene rings is 2. The molecule has 0 bridgehead atoms. The third-order valence-electron chi connectivity index (χ3n) is 5.25. The van der Waals surface area contributed by atoms with E-state index in [0.29, 0.717) is 12.1 Å². The summed E-state index contributed by atoms with van der Waals surface area (Å²) in [6, 6.07) is 11.5. The van der Waals surface area contributed by atoms with Crippen LogP contribution in [-0.2, 0) is 11.2 Å². The lowest BCUT2D eigenvalue weighted by Gasteiger charge is -2.26. The molecule has 2 aromatic rings. The number of carbonyl (C=O) groups is 2. The highest BCUT2D eigenvalue weighted by atomic mass is 32.2. The molecule has 0 saturated carbocycles. The molecule has 2 N–H and O–H groups in total. The number of nitrogens with one attached hydrogen (secondary N) is 2. The Kier molecular flexibility index (Phi) is 6.84. The number of halogens is 1. The van der Waals surface area contributed by atoms with Crippen LogP contribution in [-0.4, -0.2) is 47.2 Å². The standard InChI is InChI=1S/C22H24FN3O2S2/c23-16-3-6-20-18(14-16)19(7-10-30-20)25-22(28)24-17-4-1-15(2-5-17)13-21(27)26-8-11-29-12-9-26/h1-6,14,19H,7-13H2,(H2,24,25,28). The fourth-order valence-electron chi connectivity index (χ4n) is 3.65. The van der Waals surface area contributed by atoms with E-state index < -0.39 is 0 Å². The Morgan fingerprint density at radius 2 is 1.83 bits per heavy atom. The lowest BCUT2D eigenvalue weighted by molar-refractivity contribution is -0.130. The molecule has 1 unspecified atom stereocenters. The molecule has 1 atom stereocenters. The van der Waals surface area contributed by atoms with Crippen LogP contribution in [0, 0.1) is 5.82 Å². The van der Waals surface area contributed by atoms with Crippen molar-refractivity contribution in [3.8, 4) is 0 Å². The summed E-state index contributed by atoms with van der Waals surface area (Å²) in [5, 5.41) is 5.78. The predicted molar refractivity (Wildman–Crippen MR) is 121 cm³/mol. The van der Waals surface area contributed by atoms with Gasteiger partial charge in [0.15, 0.2) is 0 Å². The molecule has 0 aliphatic carbocycles. The molecular weight excluding hydrogens is 421 g/mol. The molecule has 0 aromatic heterocycles. The Hall–Kier alpha value is -2.19. The topological polar surface area (TPSA) is 61.4 Å². The van der Waals surface area contributed by atoms with E-state index in [1.165, 1.54) is 12.1 Å². The van der Waals surface area contributed by atoms with Crippen molar-refractivity contribution in [2.75, 3.05) is 35.7 Å². The normalized spacial score (nSPS) is 18.4. The van der Waals surface area contributed by atoms with Gasteiger partial charge >= 0.3 is 6.03 Å². The molecule has 0 radical (unpaired) electrons. The van der Waals surface area contributed by atoms with Crippen molar-refractivity contribution < 1.29 is 14.0 Å². The first-order valence-electron chi connectivity index (χ1n) is 10.0. The maximum Gasteiger partial charge on any atom is 0.319 e. The molecule has 1 saturated heterocycles. The van der Waals surface area contributed by atoms with E-state index in [1.807, 2.05) is 28.8 Å². The van der Waals surface area contributed by atoms with E-state index in [9.17, 15) is 14.0 Å². The van der Waals surface area contributed by atoms with Crippen LogP contribution in [0.2, 0.25) is 0 Å². The Bertz CT molecular complexity index is 917. The first-order chi connectivity index (χ1) is 14.6. The number of anilines is 1. The summed E-state index contributed by atoms with van der Waals surface area (Å²) in [6.07, 6.45) is 1.13. The fraction of sp³-hybridized carbons (Fsp3) is 0.364. The molecule has 2 aliphatic heterocycles. The van der Waals surface area contributed by atoms with Gasteiger partial charge in [-0.25, -0.2) is 9.18 Å². The number of rotatable bonds is 4. The molecule has 2 aliphatic rings. The molecule has 1 fully saturated rings. The van der Waals surface area contributed by atoms with Crippen molar-refractivity contribution in [1.82, 2.24) is 10.2 Å². The summed E-state index contributed by atoms with van der Waals surface area (Å²) in [5.41, 5.74) is 2.41. The van der Waals surface area contributed by atoms with Crippen molar-refractivity contribution >= 4 is 41.1 Å². The van der Waals surface area contributed by atoms with Crippen LogP contribution < -0.4 is 10.6 Å². The average molecular weight is 446 g/mol. The van der Waals surface area contributed by atoms with Crippen molar-refractivity contribution in [2.45, 2.75) is 23.8 Å². The molecule has 0 spiro atoms. The third kappa shape index (κ3) is 5.29. The van der Waals surface area contributed by atoms with Crippen LogP contribution in [0.15, 0.2) is 47.4 Å². The Morgan fingerprint density at radius 1 is 1.07 bits per heavy atom. The first-order valence-corrected chi connectivity index (χ1v) is 12.2. The molecule has 3 amide bonds. The van der Waals surface area contributed by atoms with Gasteiger partial charge in [0, 0.05) is 40.9 Å². The number of nitrogens with zero attached hydrogens (tertiary/aromatic N) is 1. The van der Waals surface area contributed by atoms with Gasteiger partial charge in [0.2, 0.25) is 5.91 Å². The van der Waals surface area contributed by atoms with Crippen LogP contribution in [0.4, 0.5) is 14.9 Å². The first kappa shape index (κ1) is 21.1. The molecule has 158 valence electrons. The summed E-state index contributed by atoms with van der Waals surface area (Å²) in [6.45, 7) is 1.63. The van der Waals surface area contributed by atoms with Gasteiger partial charge in [-0.2, -0.15) is 11.8 Å². The lowest BCUT2D eigenvalue weighted by Crippen LogP contribution is -2.38. The second kappa shape index (κ2) is 9.75. The van der Waals surface area contributed by atoms with E-state index in [0.717, 1.165) is 52.8 Å². The molecular formula is C22H24FN3O2S2. The number of amides is 3. The minimum Gasteiger partial charge on any atom is -0.341 e. The molecule has 2 heterocycles. The maximum absolute atomic E-state index is 13.6. The highest BCUT2D eigenvalue weighted by molar-refractivity contribution is 7.99. The predicted octanol–water partition coefficient (Wildman–Crippen LogP) is 4.30. The maximum atomic E-state index is 13.6. The summed E-state index contributed by atoms with van der Waals surface area (Å²) < 4.78 is 13.6. The van der Waals surface area contributed by atoms with E-state index in [-0.39, 0.29) is 23.8 Å². The Balaban J connectivity index is 1.32. The Morgan fingerprint density at radius 3 is 2.60 bits per heavy atom. The molecule has 30 heavy (non-hydrogen) atoms. The van der Waals surface area contributed by atoms with E-state index in [2.05, 4.69) is 10.6 Å². The van der Waals surface area contributed by atoms with Crippen LogP contribution >= 0.6 is 23.5 Å². The largest absolute Gasteiger partial charge is 0.341 e. The monoisotopic (exact) mass is 445 g/mol. The van der Waals surface area contributed by atoms with Crippen molar-refractivity contribution in [3.63, 3.8) is 0 Å². The molecule has 8 heteroatoms. The van der Waals surface area contributed by atoms with E-state index in [4.69, 9.17) is 0 Å². The quantitative estimate of drug-likeness (QED) is 0.737. The van der Waals surface area contributed by atoms with Crippen LogP contribution in [0.25, 0.3) is 0 Å². The average Bonchev–Trinajstić information content (AvgIpc) is 2.76. The highest BCUT2D eigenvalue weighted by Crippen LogP contribution is 2.36. The van der Waals surface area contributed by atoms with Gasteiger partial charge in [0.05, 0.1) is 12.5 Å². The number of hydrogen-bond acceptors (Lipinski definition) is 4. The van der Waals surface area contributed by atoms with E-state index >= 15 is 0 Å². The van der Waals surface area contributed by atoms with Crippen LogP contribution in [0.5, 0.6) is 0 Å². The van der Waals surface area contributed by atoms with Gasteiger partial charge in [-0.15, -0.1) is 11.8 Å². The number of carbonyl (C=O) groups excluding carboxylic acids is 2. The van der Waals surface area contributed by atoms with Gasteiger partial charge in [-0.05, 0) is 47.9 Å². The third-order valence-corrected chi connectivity index (χ3v) is 7.31. The molecule has 2 aromatic carbocycles. The number of thioether (sulfide) groups is 2. The lowest BCUT2D eigenvalue weighted by atomic mass is 10.0. The summed E-state index contributed by atoms with van der Waals surface area (Å²) in [5.74, 6) is 2.73. The van der Waals surface area contributed by atoms with Crippen LogP contribution in [0.1, 0.15) is 23.6 Å². The number of hydrogen-bond donors (Lipinski definition) is 2. The molecule has 5 nitrogen and oxygen atoms in total. The highest BCUT2D eigenvalue weighted by Gasteiger charge is 2.23. The van der Waals surface area contributed by atoms with E-state index in [1.54, 1.807) is 30.0 Å².